The van der Waals surface area contributed by atoms with Crippen LogP contribution in [0.2, 0.25) is 0 Å². The molecule has 0 N–H and O–H groups in total. The lowest BCUT2D eigenvalue weighted by Crippen LogP contribution is -1.94. The molecule has 3 aromatic rings. The molecule has 0 spiro atoms. The summed E-state index contributed by atoms with van der Waals surface area (Å²) >= 11 is 1.70. The molecule has 0 saturated heterocycles. The number of ether oxygens (including phenoxy) is 1. The molecule has 0 bridgehead atoms. The minimum atomic E-state index is 0.751. The van der Waals surface area contributed by atoms with Crippen molar-refractivity contribution in [2.75, 3.05) is 6.61 Å². The van der Waals surface area contributed by atoms with Gasteiger partial charge < -0.3 is 4.74 Å². The van der Waals surface area contributed by atoms with Crippen molar-refractivity contribution in [1.29, 1.82) is 0 Å². The van der Waals surface area contributed by atoms with Gasteiger partial charge in [0.05, 0.1) is 11.5 Å². The van der Waals surface area contributed by atoms with Gasteiger partial charge in [-0.15, -0.1) is 11.3 Å². The van der Waals surface area contributed by atoms with E-state index < -0.39 is 0 Å². The van der Waals surface area contributed by atoms with E-state index in [1.54, 1.807) is 11.3 Å². The Bertz CT molecular complexity index is 706. The third kappa shape index (κ3) is 3.31. The van der Waals surface area contributed by atoms with E-state index in [-0.39, 0.29) is 0 Å². The maximum Gasteiger partial charge on any atom is 0.123 e. The molecule has 0 aliphatic rings. The summed E-state index contributed by atoms with van der Waals surface area (Å²) in [6.45, 7) is 2.86. The SMILES string of the molecule is CCCOc1cccc(-c2cnc(-c3ccccc3)s2)c1. The summed E-state index contributed by atoms with van der Waals surface area (Å²) in [6, 6.07) is 18.5. The molecule has 3 rings (SSSR count). The molecule has 0 amide bonds. The van der Waals surface area contributed by atoms with E-state index in [9.17, 15) is 0 Å². The molecule has 0 aliphatic carbocycles. The van der Waals surface area contributed by atoms with Gasteiger partial charge in [-0.05, 0) is 24.1 Å². The molecular formula is C18H17NOS. The fourth-order valence-corrected chi connectivity index (χ4v) is 3.00. The normalized spacial score (nSPS) is 10.5. The van der Waals surface area contributed by atoms with Gasteiger partial charge in [-0.1, -0.05) is 49.4 Å². The van der Waals surface area contributed by atoms with Crippen LogP contribution in [0, 0.1) is 0 Å². The number of nitrogens with zero attached hydrogens (tertiary/aromatic N) is 1. The van der Waals surface area contributed by atoms with Crippen molar-refractivity contribution in [1.82, 2.24) is 4.98 Å². The van der Waals surface area contributed by atoms with Crippen molar-refractivity contribution in [3.8, 4) is 26.8 Å². The summed E-state index contributed by atoms with van der Waals surface area (Å²) in [5.74, 6) is 0.920. The average molecular weight is 295 g/mol. The molecule has 0 aliphatic heterocycles. The van der Waals surface area contributed by atoms with Crippen LogP contribution in [0.4, 0.5) is 0 Å². The van der Waals surface area contributed by atoms with Crippen LogP contribution < -0.4 is 4.74 Å². The molecule has 1 aromatic heterocycles. The molecule has 2 aromatic carbocycles. The summed E-state index contributed by atoms with van der Waals surface area (Å²) in [6.07, 6.45) is 2.95. The first-order valence-electron chi connectivity index (χ1n) is 7.11. The van der Waals surface area contributed by atoms with Crippen molar-refractivity contribution in [3.05, 3.63) is 60.8 Å². The van der Waals surface area contributed by atoms with Gasteiger partial charge in [0.1, 0.15) is 10.8 Å². The van der Waals surface area contributed by atoms with E-state index in [2.05, 4.69) is 36.2 Å². The van der Waals surface area contributed by atoms with Crippen molar-refractivity contribution in [2.24, 2.45) is 0 Å². The summed E-state index contributed by atoms with van der Waals surface area (Å²) in [5, 5.41) is 1.05. The predicted molar refractivity (Wildman–Crippen MR) is 88.8 cm³/mol. The van der Waals surface area contributed by atoms with Gasteiger partial charge in [-0.25, -0.2) is 4.98 Å². The Labute approximate surface area is 129 Å². The maximum atomic E-state index is 5.69. The fourth-order valence-electron chi connectivity index (χ4n) is 2.08. The van der Waals surface area contributed by atoms with Gasteiger partial charge in [0, 0.05) is 11.8 Å². The molecule has 106 valence electrons. The summed E-state index contributed by atoms with van der Waals surface area (Å²) in [7, 11) is 0. The monoisotopic (exact) mass is 295 g/mol. The van der Waals surface area contributed by atoms with Crippen molar-refractivity contribution in [3.63, 3.8) is 0 Å². The molecule has 0 saturated carbocycles. The number of rotatable bonds is 5. The predicted octanol–water partition coefficient (Wildman–Crippen LogP) is 5.27. The number of benzene rings is 2. The highest BCUT2D eigenvalue weighted by molar-refractivity contribution is 7.18. The van der Waals surface area contributed by atoms with E-state index in [0.29, 0.717) is 0 Å². The Morgan fingerprint density at radius 2 is 1.81 bits per heavy atom. The van der Waals surface area contributed by atoms with E-state index in [1.165, 1.54) is 0 Å². The molecular weight excluding hydrogens is 278 g/mol. The Hall–Kier alpha value is -2.13. The van der Waals surface area contributed by atoms with Crippen molar-refractivity contribution in [2.45, 2.75) is 13.3 Å². The van der Waals surface area contributed by atoms with Crippen LogP contribution in [0.15, 0.2) is 60.8 Å². The number of hydrogen-bond donors (Lipinski definition) is 0. The standard InChI is InChI=1S/C18H17NOS/c1-2-11-20-16-10-6-9-15(12-16)17-13-19-18(21-17)14-7-4-3-5-8-14/h3-10,12-13H,2,11H2,1H3. The smallest absolute Gasteiger partial charge is 0.123 e. The third-order valence-corrected chi connectivity index (χ3v) is 4.21. The van der Waals surface area contributed by atoms with Crippen LogP contribution in [0.3, 0.4) is 0 Å². The van der Waals surface area contributed by atoms with E-state index in [4.69, 9.17) is 4.74 Å². The highest BCUT2D eigenvalue weighted by atomic mass is 32.1. The second-order valence-electron chi connectivity index (χ2n) is 4.77. The largest absolute Gasteiger partial charge is 0.494 e. The highest BCUT2D eigenvalue weighted by Gasteiger charge is 2.07. The van der Waals surface area contributed by atoms with Crippen LogP contribution in [0.5, 0.6) is 5.75 Å². The Morgan fingerprint density at radius 1 is 1.00 bits per heavy atom. The van der Waals surface area contributed by atoms with Crippen LogP contribution in [0.25, 0.3) is 21.0 Å². The summed E-state index contributed by atoms with van der Waals surface area (Å²) < 4.78 is 5.69. The van der Waals surface area contributed by atoms with Gasteiger partial charge in [-0.2, -0.15) is 0 Å². The van der Waals surface area contributed by atoms with Crippen LogP contribution >= 0.6 is 11.3 Å². The minimum absolute atomic E-state index is 0.751. The molecule has 2 nitrogen and oxygen atoms in total. The lowest BCUT2D eigenvalue weighted by molar-refractivity contribution is 0.317. The van der Waals surface area contributed by atoms with Gasteiger partial charge in [0.15, 0.2) is 0 Å². The molecule has 3 heteroatoms. The summed E-state index contributed by atoms with van der Waals surface area (Å²) in [4.78, 5) is 5.70. The quantitative estimate of drug-likeness (QED) is 0.640. The second kappa shape index (κ2) is 6.55. The Morgan fingerprint density at radius 3 is 2.62 bits per heavy atom. The molecule has 0 atom stereocenters. The van der Waals surface area contributed by atoms with E-state index >= 15 is 0 Å². The molecule has 0 unspecified atom stereocenters. The molecule has 0 fully saturated rings. The fraction of sp³-hybridized carbons (Fsp3) is 0.167. The van der Waals surface area contributed by atoms with Gasteiger partial charge in [0.2, 0.25) is 0 Å². The van der Waals surface area contributed by atoms with Crippen molar-refractivity contribution >= 4 is 11.3 Å². The first kappa shape index (κ1) is 13.8. The molecule has 21 heavy (non-hydrogen) atoms. The minimum Gasteiger partial charge on any atom is -0.494 e. The molecule has 0 radical (unpaired) electrons. The number of hydrogen-bond acceptors (Lipinski definition) is 3. The van der Waals surface area contributed by atoms with E-state index in [1.807, 2.05) is 36.5 Å². The summed E-state index contributed by atoms with van der Waals surface area (Å²) in [5.41, 5.74) is 2.32. The highest BCUT2D eigenvalue weighted by Crippen LogP contribution is 2.33. The maximum absolute atomic E-state index is 5.69. The van der Waals surface area contributed by atoms with Gasteiger partial charge in [-0.3, -0.25) is 0 Å². The zero-order valence-corrected chi connectivity index (χ0v) is 12.8. The Balaban J connectivity index is 1.86. The molecule has 1 heterocycles. The lowest BCUT2D eigenvalue weighted by atomic mass is 10.2. The first-order chi connectivity index (χ1) is 10.4. The first-order valence-corrected chi connectivity index (χ1v) is 7.93. The zero-order valence-electron chi connectivity index (χ0n) is 12.0. The zero-order chi connectivity index (χ0) is 14.5. The van der Waals surface area contributed by atoms with Crippen LogP contribution in [-0.4, -0.2) is 11.6 Å². The van der Waals surface area contributed by atoms with Crippen LogP contribution in [0.1, 0.15) is 13.3 Å². The second-order valence-corrected chi connectivity index (χ2v) is 5.80. The Kier molecular flexibility index (Phi) is 4.31. The number of thiazole rings is 1. The van der Waals surface area contributed by atoms with Crippen molar-refractivity contribution < 1.29 is 4.74 Å². The topological polar surface area (TPSA) is 22.1 Å². The average Bonchev–Trinajstić information content (AvgIpc) is 3.04. The number of aromatic nitrogens is 1. The van der Waals surface area contributed by atoms with Gasteiger partial charge >= 0.3 is 0 Å². The third-order valence-electron chi connectivity index (χ3n) is 3.12. The van der Waals surface area contributed by atoms with Crippen LogP contribution in [-0.2, 0) is 0 Å². The van der Waals surface area contributed by atoms with E-state index in [0.717, 1.165) is 39.8 Å². The lowest BCUT2D eigenvalue weighted by Gasteiger charge is -2.05. The van der Waals surface area contributed by atoms with Gasteiger partial charge in [0.25, 0.3) is 0 Å².